The molecule has 3 N–H and O–H groups in total. The Bertz CT molecular complexity index is 761. The Morgan fingerprint density at radius 3 is 2.30 bits per heavy atom. The summed E-state index contributed by atoms with van der Waals surface area (Å²) in [7, 11) is -2.70. The topological polar surface area (TPSA) is 131 Å². The van der Waals surface area contributed by atoms with Crippen LogP contribution in [0.5, 0.6) is 0 Å². The molecular formula is C17H25N3O6S. The predicted molar refractivity (Wildman–Crippen MR) is 99.4 cm³/mol. The van der Waals surface area contributed by atoms with Crippen molar-refractivity contribution < 1.29 is 27.5 Å². The fourth-order valence-electron chi connectivity index (χ4n) is 2.21. The van der Waals surface area contributed by atoms with Gasteiger partial charge < -0.3 is 15.4 Å². The lowest BCUT2D eigenvalue weighted by Gasteiger charge is -2.16. The minimum atomic E-state index is -3.92. The van der Waals surface area contributed by atoms with Crippen LogP contribution in [0.2, 0.25) is 0 Å². The van der Waals surface area contributed by atoms with E-state index in [1.807, 2.05) is 6.92 Å². The molecule has 0 saturated heterocycles. The van der Waals surface area contributed by atoms with Gasteiger partial charge in [-0.25, -0.2) is 17.9 Å². The molecule has 0 aliphatic carbocycles. The molecule has 0 radical (unpaired) electrons. The van der Waals surface area contributed by atoms with E-state index < -0.39 is 34.5 Å². The quantitative estimate of drug-likeness (QED) is 0.498. The number of hydrogen-bond acceptors (Lipinski definition) is 6. The van der Waals surface area contributed by atoms with Gasteiger partial charge in [-0.1, -0.05) is 19.8 Å². The molecule has 150 valence electrons. The number of unbranched alkanes of at least 4 members (excludes halogenated alkanes) is 1. The van der Waals surface area contributed by atoms with E-state index in [1.54, 1.807) is 0 Å². The largest absolute Gasteiger partial charge is 0.467 e. The van der Waals surface area contributed by atoms with E-state index in [0.29, 0.717) is 18.5 Å². The zero-order valence-corrected chi connectivity index (χ0v) is 16.4. The van der Waals surface area contributed by atoms with Crippen LogP contribution in [0.4, 0.5) is 5.69 Å². The van der Waals surface area contributed by atoms with Gasteiger partial charge in [0.05, 0.1) is 18.6 Å². The van der Waals surface area contributed by atoms with Crippen molar-refractivity contribution in [1.82, 2.24) is 10.0 Å². The minimum Gasteiger partial charge on any atom is -0.467 e. The smallest absolute Gasteiger partial charge is 0.328 e. The number of esters is 1. The minimum absolute atomic E-state index is 0.0556. The number of methoxy groups -OCH3 is 1. The van der Waals surface area contributed by atoms with Crippen LogP contribution in [0.25, 0.3) is 0 Å². The van der Waals surface area contributed by atoms with Crippen molar-refractivity contribution in [3.05, 3.63) is 24.3 Å². The molecule has 1 aromatic carbocycles. The van der Waals surface area contributed by atoms with Crippen molar-refractivity contribution >= 4 is 33.5 Å². The zero-order valence-electron chi connectivity index (χ0n) is 15.6. The molecule has 0 saturated carbocycles. The Labute approximate surface area is 158 Å². The van der Waals surface area contributed by atoms with Gasteiger partial charge in [-0.05, 0) is 30.7 Å². The van der Waals surface area contributed by atoms with Crippen LogP contribution in [0.15, 0.2) is 29.2 Å². The lowest BCUT2D eigenvalue weighted by molar-refractivity contribution is -0.145. The van der Waals surface area contributed by atoms with E-state index in [1.165, 1.54) is 38.3 Å². The van der Waals surface area contributed by atoms with Gasteiger partial charge >= 0.3 is 5.97 Å². The van der Waals surface area contributed by atoms with Gasteiger partial charge in [-0.3, -0.25) is 9.59 Å². The van der Waals surface area contributed by atoms with Crippen molar-refractivity contribution in [2.24, 2.45) is 0 Å². The lowest BCUT2D eigenvalue weighted by atomic mass is 10.1. The third-order valence-electron chi connectivity index (χ3n) is 3.58. The number of ether oxygens (including phenoxy) is 1. The number of rotatable bonds is 10. The van der Waals surface area contributed by atoms with E-state index in [-0.39, 0.29) is 10.8 Å². The van der Waals surface area contributed by atoms with E-state index >= 15 is 0 Å². The van der Waals surface area contributed by atoms with Crippen LogP contribution in [-0.4, -0.2) is 45.9 Å². The number of hydrogen-bond donors (Lipinski definition) is 3. The summed E-state index contributed by atoms with van der Waals surface area (Å²) in [5.74, 6) is -1.49. The van der Waals surface area contributed by atoms with Crippen molar-refractivity contribution in [2.75, 3.05) is 19.0 Å². The van der Waals surface area contributed by atoms with Crippen LogP contribution < -0.4 is 15.4 Å². The number of carbonyl (C=O) groups excluding carboxylic acids is 3. The molecule has 27 heavy (non-hydrogen) atoms. The van der Waals surface area contributed by atoms with Gasteiger partial charge in [0.1, 0.15) is 6.04 Å². The van der Waals surface area contributed by atoms with E-state index in [0.717, 1.165) is 6.42 Å². The molecule has 0 heterocycles. The molecule has 1 atom stereocenters. The van der Waals surface area contributed by atoms with E-state index in [4.69, 9.17) is 0 Å². The van der Waals surface area contributed by atoms with Crippen molar-refractivity contribution in [3.8, 4) is 0 Å². The summed E-state index contributed by atoms with van der Waals surface area (Å²) in [5.41, 5.74) is 0.455. The summed E-state index contributed by atoms with van der Waals surface area (Å²) in [6.45, 7) is 2.77. The molecular weight excluding hydrogens is 374 g/mol. The Morgan fingerprint density at radius 2 is 1.78 bits per heavy atom. The number of amides is 2. The third kappa shape index (κ3) is 7.75. The number of sulfonamides is 1. The number of carbonyl (C=O) groups is 3. The number of anilines is 1. The number of nitrogens with one attached hydrogen (secondary N) is 3. The van der Waals surface area contributed by atoms with Gasteiger partial charge in [0, 0.05) is 12.6 Å². The van der Waals surface area contributed by atoms with Crippen LogP contribution in [0.1, 0.15) is 33.1 Å². The van der Waals surface area contributed by atoms with Gasteiger partial charge in [-0.2, -0.15) is 0 Å². The first-order valence-corrected chi connectivity index (χ1v) is 9.92. The standard InChI is InChI=1S/C17H25N3O6S/c1-4-5-6-15(17(23)26-3)20-16(22)11-18-27(24,25)14-9-7-13(8-10-14)19-12(2)21/h7-10,15,18H,4-6,11H2,1-3H3,(H,19,21)(H,20,22). The number of benzene rings is 1. The summed E-state index contributed by atoms with van der Waals surface area (Å²) < 4.78 is 31.3. The summed E-state index contributed by atoms with van der Waals surface area (Å²) >= 11 is 0. The van der Waals surface area contributed by atoms with Crippen LogP contribution in [-0.2, 0) is 29.1 Å². The molecule has 0 spiro atoms. The SMILES string of the molecule is CCCCC(NC(=O)CNS(=O)(=O)c1ccc(NC(C)=O)cc1)C(=O)OC. The third-order valence-corrected chi connectivity index (χ3v) is 4.99. The fourth-order valence-corrected chi connectivity index (χ4v) is 3.19. The van der Waals surface area contributed by atoms with Gasteiger partial charge in [0.25, 0.3) is 0 Å². The van der Waals surface area contributed by atoms with Crippen LogP contribution >= 0.6 is 0 Å². The average Bonchev–Trinajstić information content (AvgIpc) is 2.62. The summed E-state index contributed by atoms with van der Waals surface area (Å²) in [5, 5.41) is 5.00. The highest BCUT2D eigenvalue weighted by Crippen LogP contribution is 2.13. The van der Waals surface area contributed by atoms with Gasteiger partial charge in [0.15, 0.2) is 0 Å². The molecule has 10 heteroatoms. The van der Waals surface area contributed by atoms with E-state index in [9.17, 15) is 22.8 Å². The molecule has 0 aromatic heterocycles. The molecule has 0 bridgehead atoms. The first kappa shape index (κ1) is 22.6. The summed E-state index contributed by atoms with van der Waals surface area (Å²) in [6, 6.07) is 4.68. The highest BCUT2D eigenvalue weighted by molar-refractivity contribution is 7.89. The van der Waals surface area contributed by atoms with Crippen LogP contribution in [0.3, 0.4) is 0 Å². The van der Waals surface area contributed by atoms with Gasteiger partial charge in [-0.15, -0.1) is 0 Å². The second kappa shape index (κ2) is 10.6. The monoisotopic (exact) mass is 399 g/mol. The first-order chi connectivity index (χ1) is 12.7. The lowest BCUT2D eigenvalue weighted by Crippen LogP contribution is -2.45. The van der Waals surface area contributed by atoms with Crippen LogP contribution in [0, 0.1) is 0 Å². The molecule has 9 nitrogen and oxygen atoms in total. The normalized spacial score (nSPS) is 12.1. The zero-order chi connectivity index (χ0) is 20.4. The fraction of sp³-hybridized carbons (Fsp3) is 0.471. The maximum Gasteiger partial charge on any atom is 0.328 e. The maximum absolute atomic E-state index is 12.2. The molecule has 0 aliphatic rings. The Balaban J connectivity index is 2.67. The molecule has 0 fully saturated rings. The maximum atomic E-state index is 12.2. The Morgan fingerprint density at radius 1 is 1.15 bits per heavy atom. The predicted octanol–water partition coefficient (Wildman–Crippen LogP) is 0.771. The van der Waals surface area contributed by atoms with Gasteiger partial charge in [0.2, 0.25) is 21.8 Å². The van der Waals surface area contributed by atoms with E-state index in [2.05, 4.69) is 20.1 Å². The summed E-state index contributed by atoms with van der Waals surface area (Å²) in [6.07, 6.45) is 1.96. The Hall–Kier alpha value is -2.46. The van der Waals surface area contributed by atoms with Crippen molar-refractivity contribution in [1.29, 1.82) is 0 Å². The second-order valence-electron chi connectivity index (χ2n) is 5.82. The first-order valence-electron chi connectivity index (χ1n) is 8.44. The Kier molecular flexibility index (Phi) is 8.89. The van der Waals surface area contributed by atoms with Crippen molar-refractivity contribution in [3.63, 3.8) is 0 Å². The summed E-state index contributed by atoms with van der Waals surface area (Å²) in [4.78, 5) is 34.6. The average molecular weight is 399 g/mol. The highest BCUT2D eigenvalue weighted by Gasteiger charge is 2.22. The molecule has 0 aliphatic heterocycles. The molecule has 1 aromatic rings. The molecule has 2 amide bonds. The highest BCUT2D eigenvalue weighted by atomic mass is 32.2. The molecule has 1 rings (SSSR count). The molecule has 1 unspecified atom stereocenters. The van der Waals surface area contributed by atoms with Crippen molar-refractivity contribution in [2.45, 2.75) is 44.0 Å². The second-order valence-corrected chi connectivity index (χ2v) is 7.58.